The second kappa shape index (κ2) is 6.88. The van der Waals surface area contributed by atoms with E-state index in [1.807, 2.05) is 54.7 Å². The van der Waals surface area contributed by atoms with Crippen LogP contribution in [-0.4, -0.2) is 5.90 Å². The molecule has 0 saturated carbocycles. The lowest BCUT2D eigenvalue weighted by molar-refractivity contribution is -0.688. The van der Waals surface area contributed by atoms with Gasteiger partial charge >= 0.3 is 0 Å². The van der Waals surface area contributed by atoms with Gasteiger partial charge in [-0.25, -0.2) is 0 Å². The van der Waals surface area contributed by atoms with Gasteiger partial charge in [0.05, 0.1) is 12.3 Å². The highest BCUT2D eigenvalue weighted by Crippen LogP contribution is 2.11. The molecular weight excluding hydrogens is 284 g/mol. The quantitative estimate of drug-likeness (QED) is 0.414. The minimum atomic E-state index is -0.243. The average Bonchev–Trinajstić information content (AvgIpc) is 2.59. The fourth-order valence-corrected chi connectivity index (χ4v) is 2.45. The minimum Gasteiger partial charge on any atom is -0.854 e. The monoisotopic (exact) mass is 302 g/mol. The summed E-state index contributed by atoms with van der Waals surface area (Å²) in [4.78, 5) is 0. The first-order valence-corrected chi connectivity index (χ1v) is 7.59. The molecule has 23 heavy (non-hydrogen) atoms. The standard InChI is InChI=1S/C20H18N2O/c1-16-9-5-6-12-18(16)15-19-13-7-8-14-22(19)21-20(23)17-10-3-2-4-11-17/h2-14H,15H2,1H3. The number of benzene rings is 2. The smallest absolute Gasteiger partial charge is 0.218 e. The molecule has 0 unspecified atom stereocenters. The molecule has 3 aromatic rings. The third-order valence-electron chi connectivity index (χ3n) is 3.77. The Bertz CT molecular complexity index is 826. The molecule has 3 nitrogen and oxygen atoms in total. The van der Waals surface area contributed by atoms with Crippen molar-refractivity contribution in [2.24, 2.45) is 5.10 Å². The van der Waals surface area contributed by atoms with Crippen LogP contribution in [0.25, 0.3) is 0 Å². The Kier molecular flexibility index (Phi) is 4.48. The van der Waals surface area contributed by atoms with Gasteiger partial charge in [-0.1, -0.05) is 59.3 Å². The van der Waals surface area contributed by atoms with Gasteiger partial charge in [0.2, 0.25) is 11.9 Å². The number of hydrogen-bond donors (Lipinski definition) is 0. The van der Waals surface area contributed by atoms with Crippen LogP contribution < -0.4 is 9.78 Å². The van der Waals surface area contributed by atoms with E-state index in [2.05, 4.69) is 24.2 Å². The van der Waals surface area contributed by atoms with Gasteiger partial charge in [-0.05, 0) is 34.8 Å². The minimum absolute atomic E-state index is 0.243. The van der Waals surface area contributed by atoms with Crippen molar-refractivity contribution in [2.75, 3.05) is 0 Å². The summed E-state index contributed by atoms with van der Waals surface area (Å²) in [6.07, 6.45) is 2.55. The van der Waals surface area contributed by atoms with Crippen LogP contribution in [-0.2, 0) is 6.42 Å². The lowest BCUT2D eigenvalue weighted by atomic mass is 10.0. The summed E-state index contributed by atoms with van der Waals surface area (Å²) in [6.45, 7) is 2.09. The summed E-state index contributed by atoms with van der Waals surface area (Å²) in [5, 5.41) is 16.5. The highest BCUT2D eigenvalue weighted by Gasteiger charge is 2.11. The first kappa shape index (κ1) is 15.0. The topological polar surface area (TPSA) is 39.3 Å². The summed E-state index contributed by atoms with van der Waals surface area (Å²) in [5.74, 6) is -0.243. The molecule has 0 aliphatic rings. The first-order chi connectivity index (χ1) is 11.2. The molecule has 114 valence electrons. The van der Waals surface area contributed by atoms with Crippen LogP contribution in [0.3, 0.4) is 0 Å². The Morgan fingerprint density at radius 2 is 1.61 bits per heavy atom. The summed E-state index contributed by atoms with van der Waals surface area (Å²) in [6, 6.07) is 23.2. The molecule has 0 saturated heterocycles. The van der Waals surface area contributed by atoms with Gasteiger partial charge < -0.3 is 5.11 Å². The van der Waals surface area contributed by atoms with Crippen molar-refractivity contribution in [2.45, 2.75) is 13.3 Å². The van der Waals surface area contributed by atoms with Crippen molar-refractivity contribution in [1.82, 2.24) is 0 Å². The van der Waals surface area contributed by atoms with Crippen LogP contribution in [0, 0.1) is 6.92 Å². The van der Waals surface area contributed by atoms with E-state index in [0.29, 0.717) is 5.56 Å². The average molecular weight is 302 g/mol. The summed E-state index contributed by atoms with van der Waals surface area (Å²) < 4.78 is 1.67. The highest BCUT2D eigenvalue weighted by atomic mass is 16.3. The molecule has 0 fully saturated rings. The fraction of sp³-hybridized carbons (Fsp3) is 0.100. The molecule has 0 spiro atoms. The molecule has 0 atom stereocenters. The number of pyridine rings is 1. The lowest BCUT2D eigenvalue weighted by Gasteiger charge is -2.08. The Morgan fingerprint density at radius 1 is 0.913 bits per heavy atom. The third-order valence-corrected chi connectivity index (χ3v) is 3.77. The van der Waals surface area contributed by atoms with Crippen molar-refractivity contribution < 1.29 is 9.78 Å². The molecule has 0 aliphatic carbocycles. The third kappa shape index (κ3) is 3.64. The van der Waals surface area contributed by atoms with Gasteiger partial charge in [-0.2, -0.15) is 0 Å². The molecule has 3 heteroatoms. The molecule has 2 aromatic carbocycles. The molecule has 0 aliphatic heterocycles. The van der Waals surface area contributed by atoms with E-state index >= 15 is 0 Å². The number of rotatable bonds is 4. The van der Waals surface area contributed by atoms with Crippen LogP contribution in [0.15, 0.2) is 84.1 Å². The Balaban J connectivity index is 1.94. The van der Waals surface area contributed by atoms with Crippen LogP contribution in [0.1, 0.15) is 22.4 Å². The maximum Gasteiger partial charge on any atom is 0.218 e. The number of aryl methyl sites for hydroxylation is 1. The van der Waals surface area contributed by atoms with Crippen LogP contribution >= 0.6 is 0 Å². The van der Waals surface area contributed by atoms with E-state index in [0.717, 1.165) is 12.1 Å². The zero-order chi connectivity index (χ0) is 16.1. The lowest BCUT2D eigenvalue weighted by Crippen LogP contribution is -2.37. The maximum absolute atomic E-state index is 12.3. The van der Waals surface area contributed by atoms with Crippen LogP contribution in [0.5, 0.6) is 0 Å². The predicted octanol–water partition coefficient (Wildman–Crippen LogP) is 2.44. The Labute approximate surface area is 136 Å². The van der Waals surface area contributed by atoms with E-state index < -0.39 is 0 Å². The van der Waals surface area contributed by atoms with E-state index in [-0.39, 0.29) is 5.90 Å². The zero-order valence-corrected chi connectivity index (χ0v) is 13.0. The van der Waals surface area contributed by atoms with Gasteiger partial charge in [0.15, 0.2) is 0 Å². The van der Waals surface area contributed by atoms with Crippen LogP contribution in [0.2, 0.25) is 0 Å². The van der Waals surface area contributed by atoms with E-state index in [1.54, 1.807) is 16.8 Å². The SMILES string of the molecule is Cc1ccccc1Cc1cccc[n+]1/N=C(\[O-])c1ccccc1. The van der Waals surface area contributed by atoms with Crippen molar-refractivity contribution in [3.63, 3.8) is 0 Å². The van der Waals surface area contributed by atoms with Crippen molar-refractivity contribution >= 4 is 5.90 Å². The molecule has 1 aromatic heterocycles. The van der Waals surface area contributed by atoms with Gasteiger partial charge in [0.1, 0.15) is 0 Å². The number of hydrogen-bond acceptors (Lipinski definition) is 2. The summed E-state index contributed by atoms with van der Waals surface area (Å²) in [5.41, 5.74) is 4.03. The van der Waals surface area contributed by atoms with Gasteiger partial charge in [-0.15, -0.1) is 0 Å². The van der Waals surface area contributed by atoms with Crippen molar-refractivity contribution in [3.05, 3.63) is 101 Å². The number of aromatic nitrogens is 1. The molecule has 0 radical (unpaired) electrons. The molecule has 3 rings (SSSR count). The normalized spacial score (nSPS) is 11.4. The second-order valence-corrected chi connectivity index (χ2v) is 5.41. The molecule has 0 amide bonds. The molecule has 1 heterocycles. The maximum atomic E-state index is 12.3. The van der Waals surface area contributed by atoms with Gasteiger partial charge in [0.25, 0.3) is 0 Å². The van der Waals surface area contributed by atoms with E-state index in [4.69, 9.17) is 0 Å². The van der Waals surface area contributed by atoms with E-state index in [9.17, 15) is 5.11 Å². The molecule has 0 bridgehead atoms. The number of nitrogens with zero attached hydrogens (tertiary/aromatic N) is 2. The summed E-state index contributed by atoms with van der Waals surface area (Å²) >= 11 is 0. The predicted molar refractivity (Wildman–Crippen MR) is 89.0 cm³/mol. The largest absolute Gasteiger partial charge is 0.854 e. The molecule has 0 N–H and O–H groups in total. The first-order valence-electron chi connectivity index (χ1n) is 7.59. The highest BCUT2D eigenvalue weighted by molar-refractivity contribution is 5.89. The Hall–Kier alpha value is -2.94. The van der Waals surface area contributed by atoms with Crippen molar-refractivity contribution in [3.8, 4) is 0 Å². The van der Waals surface area contributed by atoms with Gasteiger partial charge in [0, 0.05) is 12.1 Å². The van der Waals surface area contributed by atoms with Crippen molar-refractivity contribution in [1.29, 1.82) is 0 Å². The van der Waals surface area contributed by atoms with Crippen LogP contribution in [0.4, 0.5) is 0 Å². The fourth-order valence-electron chi connectivity index (χ4n) is 2.45. The van der Waals surface area contributed by atoms with Gasteiger partial charge in [-0.3, -0.25) is 0 Å². The Morgan fingerprint density at radius 3 is 2.39 bits per heavy atom. The molecular formula is C20H18N2O. The second-order valence-electron chi connectivity index (χ2n) is 5.41. The summed E-state index contributed by atoms with van der Waals surface area (Å²) in [7, 11) is 0. The van der Waals surface area contributed by atoms with E-state index in [1.165, 1.54) is 11.1 Å². The zero-order valence-electron chi connectivity index (χ0n) is 13.0.